The number of carbonyl (C=O) groups is 1. The molecule has 4 nitrogen and oxygen atoms in total. The number of rotatable bonds is 2. The van der Waals surface area contributed by atoms with Crippen molar-refractivity contribution in [2.45, 2.75) is 6.92 Å². The second-order valence-electron chi connectivity index (χ2n) is 5.57. The monoisotopic (exact) mass is 380 g/mol. The molecule has 0 radical (unpaired) electrons. The number of benzene rings is 2. The predicted molar refractivity (Wildman–Crippen MR) is 98.3 cm³/mol. The summed E-state index contributed by atoms with van der Waals surface area (Å²) < 4.78 is 6.67. The lowest BCUT2D eigenvalue weighted by molar-refractivity contribution is 0.0998. The van der Waals surface area contributed by atoms with E-state index in [1.54, 1.807) is 6.20 Å². The second-order valence-corrected chi connectivity index (χ2v) is 6.48. The highest BCUT2D eigenvalue weighted by Crippen LogP contribution is 2.28. The highest BCUT2D eigenvalue weighted by molar-refractivity contribution is 9.10. The van der Waals surface area contributed by atoms with E-state index in [1.807, 2.05) is 55.5 Å². The Morgan fingerprint density at radius 2 is 2.00 bits per heavy atom. The highest BCUT2D eigenvalue weighted by Gasteiger charge is 2.18. The fraction of sp³-hybridized carbons (Fsp3) is 0.0526. The Bertz CT molecular complexity index is 1090. The number of nitrogens with zero attached hydrogens (tertiary/aromatic N) is 1. The van der Waals surface area contributed by atoms with Gasteiger partial charge in [0.25, 0.3) is 5.91 Å². The van der Waals surface area contributed by atoms with Gasteiger partial charge in [-0.1, -0.05) is 34.1 Å². The molecule has 0 atom stereocenters. The molecular formula is C19H13BrN2O2. The van der Waals surface area contributed by atoms with Crippen molar-refractivity contribution in [2.75, 3.05) is 5.32 Å². The van der Waals surface area contributed by atoms with Crippen molar-refractivity contribution in [3.63, 3.8) is 0 Å². The first-order chi connectivity index (χ1) is 11.6. The van der Waals surface area contributed by atoms with Crippen molar-refractivity contribution in [3.8, 4) is 0 Å². The lowest BCUT2D eigenvalue weighted by atomic mass is 10.1. The molecule has 2 aromatic heterocycles. The van der Waals surface area contributed by atoms with E-state index in [4.69, 9.17) is 4.42 Å². The Hall–Kier alpha value is -2.66. The Morgan fingerprint density at radius 3 is 2.88 bits per heavy atom. The molecule has 2 heterocycles. The number of nitrogens with one attached hydrogen (secondary N) is 1. The number of anilines is 1. The SMILES string of the molecule is Cc1c(C(=O)Nc2cnc3ccccc3c2)oc2ccc(Br)cc12. The van der Waals surface area contributed by atoms with Gasteiger partial charge in [-0.2, -0.15) is 0 Å². The smallest absolute Gasteiger partial charge is 0.291 e. The van der Waals surface area contributed by atoms with E-state index in [0.29, 0.717) is 17.0 Å². The summed E-state index contributed by atoms with van der Waals surface area (Å²) in [5.41, 5.74) is 3.04. The number of halogens is 1. The largest absolute Gasteiger partial charge is 0.451 e. The van der Waals surface area contributed by atoms with Crippen LogP contribution in [0.25, 0.3) is 21.9 Å². The third-order valence-electron chi connectivity index (χ3n) is 3.95. The summed E-state index contributed by atoms with van der Waals surface area (Å²) in [6.45, 7) is 1.88. The third kappa shape index (κ3) is 2.57. The molecule has 0 saturated heterocycles. The molecule has 0 spiro atoms. The lowest BCUT2D eigenvalue weighted by Gasteiger charge is -2.05. The van der Waals surface area contributed by atoms with Gasteiger partial charge in [0, 0.05) is 20.8 Å². The quantitative estimate of drug-likeness (QED) is 0.512. The number of fused-ring (bicyclic) bond motifs is 2. The molecule has 5 heteroatoms. The number of para-hydroxylation sites is 1. The normalized spacial score (nSPS) is 11.1. The average Bonchev–Trinajstić information content (AvgIpc) is 2.91. The van der Waals surface area contributed by atoms with Crippen LogP contribution < -0.4 is 5.32 Å². The van der Waals surface area contributed by atoms with E-state index in [9.17, 15) is 4.79 Å². The Labute approximate surface area is 146 Å². The molecule has 4 aromatic rings. The molecule has 0 aliphatic rings. The van der Waals surface area contributed by atoms with E-state index in [2.05, 4.69) is 26.2 Å². The summed E-state index contributed by atoms with van der Waals surface area (Å²) in [4.78, 5) is 16.9. The third-order valence-corrected chi connectivity index (χ3v) is 4.45. The van der Waals surface area contributed by atoms with Crippen LogP contribution in [-0.2, 0) is 0 Å². The number of aromatic nitrogens is 1. The van der Waals surface area contributed by atoms with E-state index in [-0.39, 0.29) is 5.91 Å². The predicted octanol–water partition coefficient (Wildman–Crippen LogP) is 5.30. The van der Waals surface area contributed by atoms with Gasteiger partial charge in [-0.15, -0.1) is 0 Å². The molecule has 1 amide bonds. The topological polar surface area (TPSA) is 55.1 Å². The number of aryl methyl sites for hydroxylation is 1. The van der Waals surface area contributed by atoms with E-state index in [0.717, 1.165) is 26.3 Å². The zero-order valence-electron chi connectivity index (χ0n) is 12.8. The molecule has 0 aliphatic carbocycles. The summed E-state index contributed by atoms with van der Waals surface area (Å²) in [5.74, 6) is 0.0353. The Balaban J connectivity index is 1.69. The van der Waals surface area contributed by atoms with Crippen LogP contribution in [-0.4, -0.2) is 10.9 Å². The minimum atomic E-state index is -0.281. The van der Waals surface area contributed by atoms with Crippen LogP contribution in [0.15, 0.2) is 63.6 Å². The van der Waals surface area contributed by atoms with Crippen molar-refractivity contribution in [2.24, 2.45) is 0 Å². The molecule has 0 unspecified atom stereocenters. The van der Waals surface area contributed by atoms with Crippen molar-refractivity contribution in [1.82, 2.24) is 4.98 Å². The van der Waals surface area contributed by atoms with Gasteiger partial charge in [-0.25, -0.2) is 0 Å². The minimum Gasteiger partial charge on any atom is -0.451 e. The molecule has 0 aliphatic heterocycles. The van der Waals surface area contributed by atoms with Gasteiger partial charge in [-0.3, -0.25) is 9.78 Å². The fourth-order valence-electron chi connectivity index (χ4n) is 2.74. The average molecular weight is 381 g/mol. The number of furan rings is 1. The van der Waals surface area contributed by atoms with Gasteiger partial charge in [0.1, 0.15) is 5.58 Å². The zero-order valence-corrected chi connectivity index (χ0v) is 14.4. The van der Waals surface area contributed by atoms with Gasteiger partial charge in [0.05, 0.1) is 17.4 Å². The van der Waals surface area contributed by atoms with Gasteiger partial charge in [-0.05, 0) is 37.3 Å². The maximum Gasteiger partial charge on any atom is 0.291 e. The van der Waals surface area contributed by atoms with Crippen molar-refractivity contribution in [3.05, 3.63) is 70.5 Å². The maximum absolute atomic E-state index is 12.6. The molecular weight excluding hydrogens is 368 g/mol. The highest BCUT2D eigenvalue weighted by atomic mass is 79.9. The molecule has 24 heavy (non-hydrogen) atoms. The fourth-order valence-corrected chi connectivity index (χ4v) is 3.10. The van der Waals surface area contributed by atoms with Crippen molar-refractivity contribution >= 4 is 49.4 Å². The van der Waals surface area contributed by atoms with Crippen LogP contribution in [0, 0.1) is 6.92 Å². The van der Waals surface area contributed by atoms with Crippen LogP contribution >= 0.6 is 15.9 Å². The number of hydrogen-bond donors (Lipinski definition) is 1. The van der Waals surface area contributed by atoms with Crippen LogP contribution in [0.3, 0.4) is 0 Å². The standard InChI is InChI=1S/C19H13BrN2O2/c1-11-15-9-13(20)6-7-17(15)24-18(11)19(23)22-14-8-12-4-2-3-5-16(12)21-10-14/h2-10H,1H3,(H,22,23). The van der Waals surface area contributed by atoms with Crippen LogP contribution in [0.4, 0.5) is 5.69 Å². The summed E-state index contributed by atoms with van der Waals surface area (Å²) in [5, 5.41) is 4.75. The first-order valence-electron chi connectivity index (χ1n) is 7.46. The summed E-state index contributed by atoms with van der Waals surface area (Å²) in [6.07, 6.45) is 1.65. The number of pyridine rings is 1. The van der Waals surface area contributed by atoms with Gasteiger partial charge in [0.2, 0.25) is 0 Å². The van der Waals surface area contributed by atoms with E-state index >= 15 is 0 Å². The molecule has 2 aromatic carbocycles. The minimum absolute atomic E-state index is 0.281. The molecule has 0 bridgehead atoms. The van der Waals surface area contributed by atoms with E-state index in [1.165, 1.54) is 0 Å². The summed E-state index contributed by atoms with van der Waals surface area (Å²) >= 11 is 3.44. The van der Waals surface area contributed by atoms with Crippen molar-refractivity contribution < 1.29 is 9.21 Å². The lowest BCUT2D eigenvalue weighted by Crippen LogP contribution is -2.12. The molecule has 118 valence electrons. The van der Waals surface area contributed by atoms with E-state index < -0.39 is 0 Å². The maximum atomic E-state index is 12.6. The van der Waals surface area contributed by atoms with Crippen LogP contribution in [0.2, 0.25) is 0 Å². The Kier molecular flexibility index (Phi) is 3.58. The van der Waals surface area contributed by atoms with Gasteiger partial charge >= 0.3 is 0 Å². The molecule has 1 N–H and O–H groups in total. The first kappa shape index (κ1) is 14.9. The number of hydrogen-bond acceptors (Lipinski definition) is 3. The first-order valence-corrected chi connectivity index (χ1v) is 8.26. The number of carbonyl (C=O) groups excluding carboxylic acids is 1. The van der Waals surface area contributed by atoms with Crippen LogP contribution in [0.1, 0.15) is 16.1 Å². The number of amides is 1. The molecule has 0 fully saturated rings. The Morgan fingerprint density at radius 1 is 1.17 bits per heavy atom. The molecule has 4 rings (SSSR count). The zero-order chi connectivity index (χ0) is 16.7. The summed E-state index contributed by atoms with van der Waals surface area (Å²) in [7, 11) is 0. The van der Waals surface area contributed by atoms with Gasteiger partial charge < -0.3 is 9.73 Å². The summed E-state index contributed by atoms with van der Waals surface area (Å²) in [6, 6.07) is 15.4. The van der Waals surface area contributed by atoms with Crippen LogP contribution in [0.5, 0.6) is 0 Å². The second kappa shape index (κ2) is 5.76. The van der Waals surface area contributed by atoms with Crippen molar-refractivity contribution in [1.29, 1.82) is 0 Å². The van der Waals surface area contributed by atoms with Gasteiger partial charge in [0.15, 0.2) is 5.76 Å². The molecule has 0 saturated carbocycles.